The Bertz CT molecular complexity index is 652. The van der Waals surface area contributed by atoms with Crippen LogP contribution in [0.4, 0.5) is 0 Å². The highest BCUT2D eigenvalue weighted by Crippen LogP contribution is 2.37. The number of aliphatic hydroxyl groups is 1. The third kappa shape index (κ3) is 2.90. The van der Waals surface area contributed by atoms with E-state index in [9.17, 15) is 18.3 Å². The minimum atomic E-state index is -3.70. The number of hydrogen-bond acceptors (Lipinski definition) is 5. The molecular formula is C14H22N2O5S. The van der Waals surface area contributed by atoms with Gasteiger partial charge in [0, 0.05) is 24.6 Å². The molecule has 1 saturated heterocycles. The molecule has 0 radical (unpaired) electrons. The lowest BCUT2D eigenvalue weighted by Crippen LogP contribution is -2.37. The summed E-state index contributed by atoms with van der Waals surface area (Å²) in [5.41, 5.74) is -0.0921. The number of carbonyl (C=O) groups excluding carboxylic acids is 1. The molecule has 1 amide bonds. The van der Waals surface area contributed by atoms with Gasteiger partial charge < -0.3 is 14.4 Å². The Kier molecular flexibility index (Phi) is 4.65. The summed E-state index contributed by atoms with van der Waals surface area (Å²) in [4.78, 5) is 14.1. The average molecular weight is 330 g/mol. The third-order valence-corrected chi connectivity index (χ3v) is 5.85. The van der Waals surface area contributed by atoms with Gasteiger partial charge in [-0.15, -0.1) is 0 Å². The Morgan fingerprint density at radius 2 is 2.23 bits per heavy atom. The van der Waals surface area contributed by atoms with Crippen LogP contribution in [0.3, 0.4) is 0 Å². The van der Waals surface area contributed by atoms with E-state index in [1.807, 2.05) is 13.8 Å². The zero-order valence-corrected chi connectivity index (χ0v) is 13.8. The summed E-state index contributed by atoms with van der Waals surface area (Å²) in [5, 5.41) is 9.37. The molecule has 124 valence electrons. The summed E-state index contributed by atoms with van der Waals surface area (Å²) >= 11 is 0. The van der Waals surface area contributed by atoms with Gasteiger partial charge in [-0.3, -0.25) is 4.79 Å². The Hall–Kier alpha value is -1.38. The molecule has 8 heteroatoms. The van der Waals surface area contributed by atoms with E-state index >= 15 is 0 Å². The maximum Gasteiger partial charge on any atom is 0.273 e. The van der Waals surface area contributed by atoms with E-state index < -0.39 is 10.0 Å². The molecule has 1 aliphatic heterocycles. The first kappa shape index (κ1) is 17.0. The second-order valence-corrected chi connectivity index (χ2v) is 7.83. The van der Waals surface area contributed by atoms with E-state index in [0.717, 1.165) is 12.7 Å². The monoisotopic (exact) mass is 330 g/mol. The molecule has 7 nitrogen and oxygen atoms in total. The third-order valence-electron chi connectivity index (χ3n) is 4.57. The standard InChI is InChI=1S/C14H22N2O5S/c1-10(2)14(9-17)4-5-16(8-14)13(18)11-6-12(21-7-11)22(19,20)15-3/h6-7,10,15,17H,4-5,8-9H2,1-3H3. The quantitative estimate of drug-likeness (QED) is 0.826. The molecule has 2 N–H and O–H groups in total. The van der Waals surface area contributed by atoms with E-state index in [1.165, 1.54) is 13.1 Å². The van der Waals surface area contributed by atoms with Crippen molar-refractivity contribution in [2.45, 2.75) is 25.4 Å². The lowest BCUT2D eigenvalue weighted by molar-refractivity contribution is 0.0650. The lowest BCUT2D eigenvalue weighted by Gasteiger charge is -2.31. The summed E-state index contributed by atoms with van der Waals surface area (Å²) in [7, 11) is -2.43. The Morgan fingerprint density at radius 1 is 1.55 bits per heavy atom. The fourth-order valence-corrected chi connectivity index (χ4v) is 3.36. The van der Waals surface area contributed by atoms with Gasteiger partial charge in [-0.05, 0) is 19.4 Å². The van der Waals surface area contributed by atoms with Crippen LogP contribution in [-0.2, 0) is 10.0 Å². The van der Waals surface area contributed by atoms with Crippen molar-refractivity contribution in [3.63, 3.8) is 0 Å². The molecule has 0 spiro atoms. The van der Waals surface area contributed by atoms with Gasteiger partial charge in [0.25, 0.3) is 15.9 Å². The van der Waals surface area contributed by atoms with Crippen molar-refractivity contribution in [3.05, 3.63) is 17.9 Å². The van der Waals surface area contributed by atoms with E-state index in [1.54, 1.807) is 4.90 Å². The highest BCUT2D eigenvalue weighted by Gasteiger charge is 2.42. The predicted octanol–water partition coefficient (Wildman–Crippen LogP) is 0.668. The van der Waals surface area contributed by atoms with Crippen LogP contribution in [0, 0.1) is 11.3 Å². The molecule has 1 aliphatic rings. The first-order chi connectivity index (χ1) is 10.3. The number of likely N-dealkylation sites (tertiary alicyclic amines) is 1. The molecule has 22 heavy (non-hydrogen) atoms. The van der Waals surface area contributed by atoms with Crippen molar-refractivity contribution in [2.75, 3.05) is 26.7 Å². The number of carbonyl (C=O) groups is 1. The number of sulfonamides is 1. The van der Waals surface area contributed by atoms with Gasteiger partial charge >= 0.3 is 0 Å². The number of aliphatic hydroxyl groups excluding tert-OH is 1. The molecule has 0 saturated carbocycles. The molecule has 0 aromatic carbocycles. The summed E-state index contributed by atoms with van der Waals surface area (Å²) < 4.78 is 30.4. The van der Waals surface area contributed by atoms with E-state index in [4.69, 9.17) is 4.42 Å². The van der Waals surface area contributed by atoms with E-state index in [0.29, 0.717) is 13.1 Å². The molecule has 1 aromatic rings. The number of nitrogens with zero attached hydrogens (tertiary/aromatic N) is 1. The van der Waals surface area contributed by atoms with Crippen LogP contribution in [0.5, 0.6) is 0 Å². The first-order valence-electron chi connectivity index (χ1n) is 7.18. The summed E-state index contributed by atoms with van der Waals surface area (Å²) in [6.07, 6.45) is 1.88. The molecule has 0 bridgehead atoms. The topological polar surface area (TPSA) is 99.9 Å². The van der Waals surface area contributed by atoms with Crippen molar-refractivity contribution in [1.82, 2.24) is 9.62 Å². The van der Waals surface area contributed by atoms with Crippen LogP contribution in [0.1, 0.15) is 30.6 Å². The van der Waals surface area contributed by atoms with Gasteiger partial charge in [-0.2, -0.15) is 0 Å². The predicted molar refractivity (Wildman–Crippen MR) is 79.8 cm³/mol. The number of amides is 1. The molecule has 1 unspecified atom stereocenters. The smallest absolute Gasteiger partial charge is 0.273 e. The van der Waals surface area contributed by atoms with Gasteiger partial charge in [-0.25, -0.2) is 13.1 Å². The molecule has 1 fully saturated rings. The highest BCUT2D eigenvalue weighted by molar-refractivity contribution is 7.89. The maximum absolute atomic E-state index is 12.5. The fourth-order valence-electron chi connectivity index (χ4n) is 2.70. The zero-order chi connectivity index (χ0) is 16.5. The van der Waals surface area contributed by atoms with Crippen LogP contribution in [0.25, 0.3) is 0 Å². The van der Waals surface area contributed by atoms with Crippen molar-refractivity contribution in [3.8, 4) is 0 Å². The van der Waals surface area contributed by atoms with Crippen LogP contribution in [-0.4, -0.2) is 51.1 Å². The molecule has 2 rings (SSSR count). The fraction of sp³-hybridized carbons (Fsp3) is 0.643. The van der Waals surface area contributed by atoms with Crippen molar-refractivity contribution >= 4 is 15.9 Å². The second-order valence-electron chi connectivity index (χ2n) is 6.01. The first-order valence-corrected chi connectivity index (χ1v) is 8.66. The lowest BCUT2D eigenvalue weighted by atomic mass is 9.77. The SMILES string of the molecule is CNS(=O)(=O)c1cc(C(=O)N2CCC(CO)(C(C)C)C2)co1. The largest absolute Gasteiger partial charge is 0.451 e. The zero-order valence-electron chi connectivity index (χ0n) is 13.0. The number of nitrogens with one attached hydrogen (secondary N) is 1. The summed E-state index contributed by atoms with van der Waals surface area (Å²) in [6, 6.07) is 1.22. The van der Waals surface area contributed by atoms with Crippen LogP contribution < -0.4 is 4.72 Å². The van der Waals surface area contributed by atoms with Gasteiger partial charge in [0.15, 0.2) is 0 Å². The van der Waals surface area contributed by atoms with E-state index in [2.05, 4.69) is 4.72 Å². The number of hydrogen-bond donors (Lipinski definition) is 2. The minimum absolute atomic E-state index is 0.0270. The van der Waals surface area contributed by atoms with Gasteiger partial charge in [0.1, 0.15) is 6.26 Å². The summed E-state index contributed by atoms with van der Waals surface area (Å²) in [6.45, 7) is 5.08. The normalized spacial score (nSPS) is 22.5. The Balaban J connectivity index is 2.17. The van der Waals surface area contributed by atoms with Gasteiger partial charge in [0.05, 0.1) is 12.2 Å². The van der Waals surface area contributed by atoms with Crippen LogP contribution in [0.15, 0.2) is 21.8 Å². The maximum atomic E-state index is 12.5. The molecule has 0 aliphatic carbocycles. The number of furan rings is 1. The average Bonchev–Trinajstić information content (AvgIpc) is 3.14. The molecule has 2 heterocycles. The molecule has 1 atom stereocenters. The van der Waals surface area contributed by atoms with Crippen molar-refractivity contribution in [1.29, 1.82) is 0 Å². The van der Waals surface area contributed by atoms with Crippen molar-refractivity contribution < 1.29 is 22.7 Å². The number of rotatable bonds is 5. The Labute approximate surface area is 130 Å². The molecule has 1 aromatic heterocycles. The minimum Gasteiger partial charge on any atom is -0.451 e. The molecular weight excluding hydrogens is 308 g/mol. The van der Waals surface area contributed by atoms with Gasteiger partial charge in [-0.1, -0.05) is 13.8 Å². The van der Waals surface area contributed by atoms with Crippen LogP contribution in [0.2, 0.25) is 0 Å². The van der Waals surface area contributed by atoms with E-state index in [-0.39, 0.29) is 34.5 Å². The Morgan fingerprint density at radius 3 is 2.73 bits per heavy atom. The summed E-state index contributed by atoms with van der Waals surface area (Å²) in [5.74, 6) is -0.0304. The van der Waals surface area contributed by atoms with Crippen molar-refractivity contribution in [2.24, 2.45) is 11.3 Å². The highest BCUT2D eigenvalue weighted by atomic mass is 32.2. The second kappa shape index (κ2) is 6.02. The van der Waals surface area contributed by atoms with Gasteiger partial charge in [0.2, 0.25) is 5.09 Å². The van der Waals surface area contributed by atoms with Crippen LogP contribution >= 0.6 is 0 Å².